The number of hydrogen-bond donors (Lipinski definition) is 1. The average molecular weight is 541 g/mol. The predicted octanol–water partition coefficient (Wildman–Crippen LogP) is 8.43. The Labute approximate surface area is 245 Å². The quantitative estimate of drug-likeness (QED) is 0.243. The highest BCUT2D eigenvalue weighted by atomic mass is 16.3. The van der Waals surface area contributed by atoms with Crippen molar-refractivity contribution in [3.05, 3.63) is 168 Å². The molecule has 0 aliphatic heterocycles. The number of hydrogen-bond acceptors (Lipinski definition) is 4. The summed E-state index contributed by atoms with van der Waals surface area (Å²) < 4.78 is 8.91. The van der Waals surface area contributed by atoms with Gasteiger partial charge in [-0.15, -0.1) is 0 Å². The first-order chi connectivity index (χ1) is 21.1. The zero-order valence-corrected chi connectivity index (χ0v) is 22.6. The largest absolute Gasteiger partial charge is 0.507 e. The molecule has 1 aliphatic carbocycles. The fourth-order valence-corrected chi connectivity index (χ4v) is 6.52. The first-order valence-electron chi connectivity index (χ1n) is 14.4. The van der Waals surface area contributed by atoms with Gasteiger partial charge in [0.15, 0.2) is 0 Å². The minimum absolute atomic E-state index is 0.130. The van der Waals surface area contributed by atoms with Gasteiger partial charge in [-0.25, -0.2) is 9.97 Å². The summed E-state index contributed by atoms with van der Waals surface area (Å²) in [6.45, 7) is 0. The van der Waals surface area contributed by atoms with Gasteiger partial charge in [-0.2, -0.15) is 0 Å². The molecule has 4 heteroatoms. The first-order valence-corrected chi connectivity index (χ1v) is 13.9. The van der Waals surface area contributed by atoms with E-state index < -0.39 is 5.41 Å². The van der Waals surface area contributed by atoms with E-state index in [0.717, 1.165) is 55.7 Å². The Bertz CT molecular complexity index is 2140. The average Bonchev–Trinajstić information content (AvgIpc) is 3.36. The minimum atomic E-state index is -0.817. The molecular weight excluding hydrogens is 514 g/mol. The number of nitrogens with zero attached hydrogens (tertiary/aromatic N) is 3. The van der Waals surface area contributed by atoms with Gasteiger partial charge >= 0.3 is 0 Å². The van der Waals surface area contributed by atoms with Gasteiger partial charge in [-0.1, -0.05) is 103 Å². The molecule has 0 amide bonds. The molecule has 1 N–H and O–H groups in total. The maximum Gasteiger partial charge on any atom is 0.124 e. The molecule has 0 atom stereocenters. The molecule has 0 bridgehead atoms. The van der Waals surface area contributed by atoms with Gasteiger partial charge in [0.2, 0.25) is 0 Å². The molecule has 2 heterocycles. The lowest BCUT2D eigenvalue weighted by molar-refractivity contribution is 0.477. The molecular formula is C38H25N3O. The van der Waals surface area contributed by atoms with Crippen LogP contribution in [0.3, 0.4) is 0 Å². The van der Waals surface area contributed by atoms with Crippen molar-refractivity contribution in [3.8, 4) is 39.4 Å². The van der Waals surface area contributed by atoms with Crippen molar-refractivity contribution in [3.63, 3.8) is 0 Å². The Morgan fingerprint density at radius 2 is 1.31 bits per heavy atom. The van der Waals surface area contributed by atoms with Gasteiger partial charge in [0, 0.05) is 16.5 Å². The third kappa shape index (κ3) is 3.52. The SMILES string of the molecule is [2H]c1cc(-c2ccccc2O)nc(C2(c3cccc(-c4ncnc5ccccc45)c3)c3ccccc3-c3ccccc32)c1. The Kier molecular flexibility index (Phi) is 5.23. The number of phenolic OH excluding ortho intramolecular Hbond substituents is 1. The number of aromatic nitrogens is 3. The molecule has 0 saturated carbocycles. The van der Waals surface area contributed by atoms with Gasteiger partial charge in [0.25, 0.3) is 0 Å². The summed E-state index contributed by atoms with van der Waals surface area (Å²) in [7, 11) is 0. The van der Waals surface area contributed by atoms with Crippen molar-refractivity contribution in [2.45, 2.75) is 5.41 Å². The summed E-state index contributed by atoms with van der Waals surface area (Å²) >= 11 is 0. The highest BCUT2D eigenvalue weighted by Crippen LogP contribution is 2.56. The monoisotopic (exact) mass is 540 g/mol. The van der Waals surface area contributed by atoms with Crippen LogP contribution >= 0.6 is 0 Å². The highest BCUT2D eigenvalue weighted by Gasteiger charge is 2.47. The lowest BCUT2D eigenvalue weighted by Gasteiger charge is -2.33. The molecule has 198 valence electrons. The third-order valence-corrected chi connectivity index (χ3v) is 8.31. The van der Waals surface area contributed by atoms with Gasteiger partial charge in [-0.05, 0) is 64.2 Å². The van der Waals surface area contributed by atoms with Gasteiger partial charge in [-0.3, -0.25) is 4.98 Å². The Hall–Kier alpha value is -5.61. The van der Waals surface area contributed by atoms with Crippen molar-refractivity contribution < 1.29 is 6.48 Å². The molecule has 4 nitrogen and oxygen atoms in total. The minimum Gasteiger partial charge on any atom is -0.507 e. The molecule has 2 aromatic heterocycles. The van der Waals surface area contributed by atoms with Crippen molar-refractivity contribution >= 4 is 10.9 Å². The zero-order chi connectivity index (χ0) is 29.0. The van der Waals surface area contributed by atoms with Crippen LogP contribution in [0.2, 0.25) is 0 Å². The number of phenols is 1. The molecule has 0 radical (unpaired) electrons. The molecule has 0 saturated heterocycles. The number of rotatable bonds is 4. The Morgan fingerprint density at radius 3 is 2.10 bits per heavy atom. The first kappa shape index (κ1) is 23.1. The van der Waals surface area contributed by atoms with Crippen molar-refractivity contribution in [1.82, 2.24) is 15.0 Å². The highest BCUT2D eigenvalue weighted by molar-refractivity contribution is 5.93. The summed E-state index contributed by atoms with van der Waals surface area (Å²) in [6, 6.07) is 44.5. The fraction of sp³-hybridized carbons (Fsp3) is 0.0263. The van der Waals surface area contributed by atoms with Crippen LogP contribution in [0, 0.1) is 0 Å². The van der Waals surface area contributed by atoms with E-state index in [2.05, 4.69) is 83.8 Å². The van der Waals surface area contributed by atoms with E-state index in [1.54, 1.807) is 24.5 Å². The van der Waals surface area contributed by atoms with E-state index in [9.17, 15) is 5.11 Å². The maximum absolute atomic E-state index is 10.7. The van der Waals surface area contributed by atoms with Crippen LogP contribution in [0.15, 0.2) is 146 Å². The van der Waals surface area contributed by atoms with E-state index in [4.69, 9.17) is 11.3 Å². The second kappa shape index (κ2) is 9.50. The standard InChI is InChI=1S/C38H25N3O/c42-35-21-8-4-15-29(35)34-20-10-22-36(41-34)38(31-17-5-1-13-27(31)28-14-2-6-18-32(28)38)26-12-9-11-25(23-26)37-30-16-3-7-19-33(30)39-24-40-37/h1-24,42H/i10D. The molecule has 1 aliphatic rings. The maximum atomic E-state index is 10.7. The number of fused-ring (bicyclic) bond motifs is 4. The van der Waals surface area contributed by atoms with E-state index in [1.807, 2.05) is 36.4 Å². The summed E-state index contributed by atoms with van der Waals surface area (Å²) in [5.74, 6) is 0.130. The summed E-state index contributed by atoms with van der Waals surface area (Å²) in [5.41, 5.74) is 9.27. The zero-order valence-electron chi connectivity index (χ0n) is 23.6. The third-order valence-electron chi connectivity index (χ3n) is 8.31. The van der Waals surface area contributed by atoms with Crippen LogP contribution in [-0.2, 0) is 5.41 Å². The molecule has 7 aromatic rings. The summed E-state index contributed by atoms with van der Waals surface area (Å²) in [4.78, 5) is 14.4. The molecule has 42 heavy (non-hydrogen) atoms. The van der Waals surface area contributed by atoms with E-state index in [-0.39, 0.29) is 5.75 Å². The summed E-state index contributed by atoms with van der Waals surface area (Å²) in [5, 5.41) is 11.7. The van der Waals surface area contributed by atoms with E-state index in [1.165, 1.54) is 0 Å². The number of para-hydroxylation sites is 2. The number of pyridine rings is 1. The van der Waals surface area contributed by atoms with Crippen LogP contribution in [0.5, 0.6) is 5.75 Å². The number of benzene rings is 5. The molecule has 8 rings (SSSR count). The molecule has 0 unspecified atom stereocenters. The van der Waals surface area contributed by atoms with E-state index >= 15 is 0 Å². The van der Waals surface area contributed by atoms with Crippen LogP contribution < -0.4 is 0 Å². The normalized spacial score (nSPS) is 13.4. The lowest BCUT2D eigenvalue weighted by atomic mass is 9.69. The van der Waals surface area contributed by atoms with Crippen molar-refractivity contribution in [2.75, 3.05) is 0 Å². The Morgan fingerprint density at radius 1 is 0.619 bits per heavy atom. The fourth-order valence-electron chi connectivity index (χ4n) is 6.52. The second-order valence-electron chi connectivity index (χ2n) is 10.5. The molecule has 0 spiro atoms. The van der Waals surface area contributed by atoms with E-state index in [0.29, 0.717) is 17.3 Å². The van der Waals surface area contributed by atoms with Crippen LogP contribution in [-0.4, -0.2) is 20.1 Å². The van der Waals surface area contributed by atoms with Gasteiger partial charge in [0.1, 0.15) is 12.1 Å². The second-order valence-corrected chi connectivity index (χ2v) is 10.5. The van der Waals surface area contributed by atoms with Crippen LogP contribution in [0.25, 0.3) is 44.5 Å². The smallest absolute Gasteiger partial charge is 0.124 e. The van der Waals surface area contributed by atoms with Crippen LogP contribution in [0.4, 0.5) is 0 Å². The van der Waals surface area contributed by atoms with Crippen molar-refractivity contribution in [1.29, 1.82) is 0 Å². The Balaban J connectivity index is 1.46. The number of aromatic hydroxyl groups is 1. The van der Waals surface area contributed by atoms with Gasteiger partial charge in [0.05, 0.1) is 29.4 Å². The van der Waals surface area contributed by atoms with Crippen molar-refractivity contribution in [2.24, 2.45) is 0 Å². The summed E-state index contributed by atoms with van der Waals surface area (Å²) in [6.07, 6.45) is 1.62. The lowest BCUT2D eigenvalue weighted by Crippen LogP contribution is -2.30. The molecule has 5 aromatic carbocycles. The molecule has 0 fully saturated rings. The predicted molar refractivity (Wildman–Crippen MR) is 167 cm³/mol. The van der Waals surface area contributed by atoms with Crippen LogP contribution in [0.1, 0.15) is 23.8 Å². The topological polar surface area (TPSA) is 58.9 Å². The van der Waals surface area contributed by atoms with Gasteiger partial charge < -0.3 is 5.11 Å².